The van der Waals surface area contributed by atoms with Crippen molar-refractivity contribution in [2.24, 2.45) is 7.05 Å². The Kier molecular flexibility index (Phi) is 6.18. The Labute approximate surface area is 174 Å². The summed E-state index contributed by atoms with van der Waals surface area (Å²) in [5.74, 6) is 0.200. The molecule has 0 radical (unpaired) electrons. The average Bonchev–Trinajstić information content (AvgIpc) is 3.02. The number of alkyl halides is 3. The SMILES string of the molecule is CC(Sc1nnc(-c2ccccc2Cl)n1C)C(=O)Nc1ccc(C(F)(F)F)cc1. The first kappa shape index (κ1) is 21.2. The van der Waals surface area contributed by atoms with Crippen molar-refractivity contribution in [1.82, 2.24) is 14.8 Å². The molecular weight excluding hydrogens is 425 g/mol. The summed E-state index contributed by atoms with van der Waals surface area (Å²) in [6.45, 7) is 1.67. The minimum absolute atomic E-state index is 0.283. The summed E-state index contributed by atoms with van der Waals surface area (Å²) in [7, 11) is 1.77. The van der Waals surface area contributed by atoms with Crippen LogP contribution < -0.4 is 5.32 Å². The molecule has 1 N–H and O–H groups in total. The summed E-state index contributed by atoms with van der Waals surface area (Å²) < 4.78 is 39.6. The van der Waals surface area contributed by atoms with Gasteiger partial charge in [-0.2, -0.15) is 13.2 Å². The molecule has 29 heavy (non-hydrogen) atoms. The van der Waals surface area contributed by atoms with Crippen LogP contribution in [0.25, 0.3) is 11.4 Å². The number of hydrogen-bond acceptors (Lipinski definition) is 4. The number of nitrogens with zero attached hydrogens (tertiary/aromatic N) is 3. The van der Waals surface area contributed by atoms with Gasteiger partial charge in [0.05, 0.1) is 15.8 Å². The highest BCUT2D eigenvalue weighted by Gasteiger charge is 2.30. The molecule has 0 aliphatic heterocycles. The fourth-order valence-corrected chi connectivity index (χ4v) is 3.53. The molecule has 0 aliphatic rings. The molecule has 0 saturated carbocycles. The predicted molar refractivity (Wildman–Crippen MR) is 107 cm³/mol. The molecule has 10 heteroatoms. The molecule has 1 aromatic heterocycles. The van der Waals surface area contributed by atoms with Crippen LogP contribution in [0.1, 0.15) is 12.5 Å². The summed E-state index contributed by atoms with van der Waals surface area (Å²) in [5.41, 5.74) is 0.229. The van der Waals surface area contributed by atoms with E-state index >= 15 is 0 Å². The largest absolute Gasteiger partial charge is 0.416 e. The van der Waals surface area contributed by atoms with Gasteiger partial charge < -0.3 is 9.88 Å². The Morgan fingerprint density at radius 1 is 1.14 bits per heavy atom. The summed E-state index contributed by atoms with van der Waals surface area (Å²) in [4.78, 5) is 12.4. The number of anilines is 1. The van der Waals surface area contributed by atoms with Gasteiger partial charge in [-0.3, -0.25) is 4.79 Å². The summed E-state index contributed by atoms with van der Waals surface area (Å²) in [6.07, 6.45) is -4.42. The Morgan fingerprint density at radius 3 is 2.41 bits per heavy atom. The van der Waals surface area contributed by atoms with Crippen LogP contribution >= 0.6 is 23.4 Å². The van der Waals surface area contributed by atoms with E-state index in [1.165, 1.54) is 23.9 Å². The van der Waals surface area contributed by atoms with Crippen LogP contribution in [0.3, 0.4) is 0 Å². The third kappa shape index (κ3) is 4.91. The number of rotatable bonds is 5. The van der Waals surface area contributed by atoms with Crippen LogP contribution in [0, 0.1) is 0 Å². The van der Waals surface area contributed by atoms with Crippen LogP contribution in [0.15, 0.2) is 53.7 Å². The molecule has 0 aliphatic carbocycles. The average molecular weight is 441 g/mol. The number of benzene rings is 2. The maximum Gasteiger partial charge on any atom is 0.416 e. The van der Waals surface area contributed by atoms with Crippen molar-refractivity contribution in [2.75, 3.05) is 5.32 Å². The molecule has 1 heterocycles. The highest BCUT2D eigenvalue weighted by atomic mass is 35.5. The lowest BCUT2D eigenvalue weighted by Gasteiger charge is -2.13. The fraction of sp³-hybridized carbons (Fsp3) is 0.211. The Morgan fingerprint density at radius 2 is 1.79 bits per heavy atom. The maximum atomic E-state index is 12.6. The van der Waals surface area contributed by atoms with Crippen molar-refractivity contribution >= 4 is 35.0 Å². The quantitative estimate of drug-likeness (QED) is 0.549. The highest BCUT2D eigenvalue weighted by molar-refractivity contribution is 8.00. The van der Waals surface area contributed by atoms with Gasteiger partial charge in [0.1, 0.15) is 0 Å². The van der Waals surface area contributed by atoms with Crippen LogP contribution in [-0.4, -0.2) is 25.9 Å². The molecule has 1 atom stereocenters. The van der Waals surface area contributed by atoms with E-state index in [1.807, 2.05) is 18.2 Å². The van der Waals surface area contributed by atoms with Gasteiger partial charge in [-0.1, -0.05) is 35.5 Å². The maximum absolute atomic E-state index is 12.6. The zero-order valence-electron chi connectivity index (χ0n) is 15.4. The summed E-state index contributed by atoms with van der Waals surface area (Å²) in [6, 6.07) is 11.5. The molecule has 5 nitrogen and oxygen atoms in total. The summed E-state index contributed by atoms with van der Waals surface area (Å²) >= 11 is 7.38. The van der Waals surface area contributed by atoms with Crippen LogP contribution in [0.4, 0.5) is 18.9 Å². The number of hydrogen-bond donors (Lipinski definition) is 1. The second-order valence-corrected chi connectivity index (χ2v) is 7.88. The highest BCUT2D eigenvalue weighted by Crippen LogP contribution is 2.31. The number of amides is 1. The van der Waals surface area contributed by atoms with Gasteiger partial charge in [0, 0.05) is 18.3 Å². The van der Waals surface area contributed by atoms with E-state index in [0.717, 1.165) is 17.7 Å². The number of carbonyl (C=O) groups is 1. The van der Waals surface area contributed by atoms with Gasteiger partial charge in [0.25, 0.3) is 0 Å². The van der Waals surface area contributed by atoms with E-state index < -0.39 is 17.0 Å². The number of nitrogens with one attached hydrogen (secondary N) is 1. The first-order chi connectivity index (χ1) is 13.7. The van der Waals surface area contributed by atoms with Crippen molar-refractivity contribution in [3.05, 3.63) is 59.1 Å². The molecule has 1 unspecified atom stereocenters. The van der Waals surface area contributed by atoms with E-state index in [0.29, 0.717) is 16.0 Å². The van der Waals surface area contributed by atoms with Gasteiger partial charge in [0.2, 0.25) is 5.91 Å². The van der Waals surface area contributed by atoms with Crippen LogP contribution in [-0.2, 0) is 18.0 Å². The van der Waals surface area contributed by atoms with E-state index in [9.17, 15) is 18.0 Å². The van der Waals surface area contributed by atoms with E-state index in [1.54, 1.807) is 24.6 Å². The minimum atomic E-state index is -4.42. The predicted octanol–water partition coefficient (Wildman–Crippen LogP) is 5.27. The van der Waals surface area contributed by atoms with E-state index in [-0.39, 0.29) is 11.6 Å². The second kappa shape index (κ2) is 8.46. The molecule has 0 saturated heterocycles. The molecule has 3 aromatic rings. The van der Waals surface area contributed by atoms with Crippen molar-refractivity contribution in [3.63, 3.8) is 0 Å². The first-order valence-electron chi connectivity index (χ1n) is 8.46. The van der Waals surface area contributed by atoms with Crippen molar-refractivity contribution in [1.29, 1.82) is 0 Å². The van der Waals surface area contributed by atoms with Gasteiger partial charge in [0.15, 0.2) is 11.0 Å². The number of halogens is 4. The lowest BCUT2D eigenvalue weighted by Crippen LogP contribution is -2.23. The van der Waals surface area contributed by atoms with Gasteiger partial charge in [-0.05, 0) is 43.3 Å². The van der Waals surface area contributed by atoms with Crippen LogP contribution in [0.5, 0.6) is 0 Å². The van der Waals surface area contributed by atoms with Crippen molar-refractivity contribution < 1.29 is 18.0 Å². The van der Waals surface area contributed by atoms with Gasteiger partial charge in [-0.25, -0.2) is 0 Å². The zero-order chi connectivity index (χ0) is 21.2. The minimum Gasteiger partial charge on any atom is -0.325 e. The normalized spacial score (nSPS) is 12.6. The molecule has 152 valence electrons. The zero-order valence-corrected chi connectivity index (χ0v) is 16.9. The Bertz CT molecular complexity index is 1020. The third-order valence-corrected chi connectivity index (χ3v) is 5.54. The van der Waals surface area contributed by atoms with Crippen LogP contribution in [0.2, 0.25) is 5.02 Å². The van der Waals surface area contributed by atoms with Gasteiger partial charge >= 0.3 is 6.18 Å². The van der Waals surface area contributed by atoms with Gasteiger partial charge in [-0.15, -0.1) is 10.2 Å². The lowest BCUT2D eigenvalue weighted by atomic mass is 10.2. The standard InChI is InChI=1S/C19H16ClF3N4OS/c1-11(17(28)24-13-9-7-12(8-10-13)19(21,22)23)29-18-26-25-16(27(18)2)14-5-3-4-6-15(14)20/h3-11H,1-2H3,(H,24,28). The lowest BCUT2D eigenvalue weighted by molar-refractivity contribution is -0.137. The summed E-state index contributed by atoms with van der Waals surface area (Å²) in [5, 5.41) is 11.3. The molecular formula is C19H16ClF3N4OS. The second-order valence-electron chi connectivity index (χ2n) is 6.17. The molecule has 1 amide bonds. The number of aromatic nitrogens is 3. The monoisotopic (exact) mass is 440 g/mol. The number of thioether (sulfide) groups is 1. The molecule has 0 fully saturated rings. The Hall–Kier alpha value is -2.52. The topological polar surface area (TPSA) is 59.8 Å². The molecule has 0 spiro atoms. The molecule has 0 bridgehead atoms. The first-order valence-corrected chi connectivity index (χ1v) is 9.71. The molecule has 3 rings (SSSR count). The number of carbonyl (C=O) groups excluding carboxylic acids is 1. The Balaban J connectivity index is 1.68. The fourth-order valence-electron chi connectivity index (χ4n) is 2.49. The van der Waals surface area contributed by atoms with E-state index in [4.69, 9.17) is 11.6 Å². The third-order valence-electron chi connectivity index (χ3n) is 4.08. The molecule has 2 aromatic carbocycles. The van der Waals surface area contributed by atoms with E-state index in [2.05, 4.69) is 15.5 Å². The van der Waals surface area contributed by atoms with Crippen molar-refractivity contribution in [3.8, 4) is 11.4 Å². The van der Waals surface area contributed by atoms with Crippen molar-refractivity contribution in [2.45, 2.75) is 23.5 Å². The smallest absolute Gasteiger partial charge is 0.325 e.